The van der Waals surface area contributed by atoms with E-state index in [2.05, 4.69) is 9.97 Å². The van der Waals surface area contributed by atoms with Gasteiger partial charge in [0.1, 0.15) is 17.5 Å². The maximum Gasteiger partial charge on any atom is 0.173 e. The smallest absolute Gasteiger partial charge is 0.173 e. The summed E-state index contributed by atoms with van der Waals surface area (Å²) in [7, 11) is 0. The third-order valence-corrected chi connectivity index (χ3v) is 2.27. The van der Waals surface area contributed by atoms with E-state index in [0.29, 0.717) is 11.9 Å². The van der Waals surface area contributed by atoms with Gasteiger partial charge in [-0.2, -0.15) is 0 Å². The molecule has 17 heavy (non-hydrogen) atoms. The van der Waals surface area contributed by atoms with Crippen LogP contribution in [0.3, 0.4) is 0 Å². The lowest BCUT2D eigenvalue weighted by Gasteiger charge is -2.03. The second-order valence-electron chi connectivity index (χ2n) is 3.49. The van der Waals surface area contributed by atoms with Crippen LogP contribution in [-0.4, -0.2) is 15.8 Å². The predicted molar refractivity (Wildman–Crippen MR) is 57.4 cm³/mol. The number of ketones is 1. The Morgan fingerprint density at radius 1 is 1.35 bits per heavy atom. The first-order valence-corrected chi connectivity index (χ1v) is 4.84. The van der Waals surface area contributed by atoms with Gasteiger partial charge >= 0.3 is 0 Å². The molecule has 0 fully saturated rings. The fourth-order valence-corrected chi connectivity index (χ4v) is 1.42. The van der Waals surface area contributed by atoms with Gasteiger partial charge in [0.15, 0.2) is 5.78 Å². The summed E-state index contributed by atoms with van der Waals surface area (Å²) in [6, 6.07) is 1.60. The van der Waals surface area contributed by atoms with E-state index < -0.39 is 17.4 Å². The SMILES string of the molecule is Nc1cc(C(=O)Cc2ncc[nH]2)c(F)cc1F. The van der Waals surface area contributed by atoms with Gasteiger partial charge in [-0.25, -0.2) is 13.8 Å². The van der Waals surface area contributed by atoms with Crippen LogP contribution < -0.4 is 5.73 Å². The summed E-state index contributed by atoms with van der Waals surface area (Å²) in [5.74, 6) is -1.90. The molecule has 0 saturated heterocycles. The number of nitrogens with one attached hydrogen (secondary N) is 1. The fourth-order valence-electron chi connectivity index (χ4n) is 1.42. The van der Waals surface area contributed by atoms with E-state index in [9.17, 15) is 13.6 Å². The molecule has 2 aromatic rings. The van der Waals surface area contributed by atoms with Crippen LogP contribution in [0.25, 0.3) is 0 Å². The lowest BCUT2D eigenvalue weighted by Crippen LogP contribution is -2.09. The van der Waals surface area contributed by atoms with Crippen molar-refractivity contribution in [3.63, 3.8) is 0 Å². The molecule has 4 nitrogen and oxygen atoms in total. The van der Waals surface area contributed by atoms with Crippen molar-refractivity contribution in [2.45, 2.75) is 6.42 Å². The van der Waals surface area contributed by atoms with Crippen LogP contribution in [-0.2, 0) is 6.42 Å². The average Bonchev–Trinajstić information content (AvgIpc) is 2.76. The van der Waals surface area contributed by atoms with Crippen LogP contribution in [0.2, 0.25) is 0 Å². The number of Topliss-reactive ketones (excluding diaryl/α,β-unsaturated/α-hetero) is 1. The van der Waals surface area contributed by atoms with E-state index in [1.807, 2.05) is 0 Å². The first-order valence-electron chi connectivity index (χ1n) is 4.84. The molecule has 0 radical (unpaired) electrons. The third-order valence-electron chi connectivity index (χ3n) is 2.27. The molecule has 2 rings (SSSR count). The Hall–Kier alpha value is -2.24. The third kappa shape index (κ3) is 2.30. The highest BCUT2D eigenvalue weighted by Gasteiger charge is 2.16. The number of aromatic nitrogens is 2. The lowest BCUT2D eigenvalue weighted by atomic mass is 10.1. The Kier molecular flexibility index (Phi) is 2.86. The van der Waals surface area contributed by atoms with Gasteiger partial charge in [0.2, 0.25) is 0 Å². The number of benzene rings is 1. The average molecular weight is 237 g/mol. The largest absolute Gasteiger partial charge is 0.396 e. The minimum Gasteiger partial charge on any atom is -0.396 e. The van der Waals surface area contributed by atoms with Gasteiger partial charge < -0.3 is 10.7 Å². The number of nitrogens with zero attached hydrogens (tertiary/aromatic N) is 1. The normalized spacial score (nSPS) is 10.5. The van der Waals surface area contributed by atoms with Crippen molar-refractivity contribution in [1.82, 2.24) is 9.97 Å². The molecule has 0 atom stereocenters. The fraction of sp³-hybridized carbons (Fsp3) is 0.0909. The van der Waals surface area contributed by atoms with Crippen molar-refractivity contribution in [3.8, 4) is 0 Å². The number of aromatic amines is 1. The molecule has 1 aromatic heterocycles. The standard InChI is InChI=1S/C11H9F2N3O/c12-7-4-8(13)9(14)3-6(7)10(17)5-11-15-1-2-16-11/h1-4H,5,14H2,(H,15,16). The second-order valence-corrected chi connectivity index (χ2v) is 3.49. The number of anilines is 1. The van der Waals surface area contributed by atoms with Crippen LogP contribution in [0, 0.1) is 11.6 Å². The molecule has 0 bridgehead atoms. The first-order chi connectivity index (χ1) is 8.08. The molecule has 0 aliphatic heterocycles. The van der Waals surface area contributed by atoms with Crippen LogP contribution in [0.15, 0.2) is 24.5 Å². The summed E-state index contributed by atoms with van der Waals surface area (Å²) in [5.41, 5.74) is 4.79. The minimum absolute atomic E-state index is 0.0883. The van der Waals surface area contributed by atoms with Gasteiger partial charge in [-0.05, 0) is 6.07 Å². The summed E-state index contributed by atoms with van der Waals surface area (Å²) in [4.78, 5) is 18.3. The maximum atomic E-state index is 13.4. The van der Waals surface area contributed by atoms with E-state index in [0.717, 1.165) is 6.07 Å². The van der Waals surface area contributed by atoms with Gasteiger partial charge in [0.05, 0.1) is 17.7 Å². The summed E-state index contributed by atoms with van der Waals surface area (Å²) in [6.45, 7) is 0. The Morgan fingerprint density at radius 3 is 2.76 bits per heavy atom. The van der Waals surface area contributed by atoms with E-state index in [1.165, 1.54) is 6.20 Å². The van der Waals surface area contributed by atoms with Crippen molar-refractivity contribution in [2.24, 2.45) is 0 Å². The highest BCUT2D eigenvalue weighted by Crippen LogP contribution is 2.18. The number of carbonyl (C=O) groups excluding carboxylic acids is 1. The number of halogens is 2. The minimum atomic E-state index is -0.923. The van der Waals surface area contributed by atoms with Gasteiger partial charge in [-0.1, -0.05) is 0 Å². The van der Waals surface area contributed by atoms with Crippen LogP contribution in [0.1, 0.15) is 16.2 Å². The molecule has 0 aliphatic rings. The molecule has 0 aliphatic carbocycles. The molecule has 0 saturated carbocycles. The summed E-state index contributed by atoms with van der Waals surface area (Å²) >= 11 is 0. The van der Waals surface area contributed by atoms with Gasteiger partial charge in [-0.3, -0.25) is 4.79 Å². The molecular formula is C11H9F2N3O. The molecular weight excluding hydrogens is 228 g/mol. The quantitative estimate of drug-likeness (QED) is 0.630. The summed E-state index contributed by atoms with van der Waals surface area (Å²) < 4.78 is 26.3. The van der Waals surface area contributed by atoms with E-state index >= 15 is 0 Å². The molecule has 6 heteroatoms. The monoisotopic (exact) mass is 237 g/mol. The second kappa shape index (κ2) is 4.32. The Bertz CT molecular complexity index is 552. The van der Waals surface area contributed by atoms with Crippen molar-refractivity contribution < 1.29 is 13.6 Å². The number of carbonyl (C=O) groups is 1. The molecule has 88 valence electrons. The zero-order valence-corrected chi connectivity index (χ0v) is 8.71. The highest BCUT2D eigenvalue weighted by molar-refractivity contribution is 5.98. The Balaban J connectivity index is 2.28. The van der Waals surface area contributed by atoms with E-state index in [-0.39, 0.29) is 17.7 Å². The van der Waals surface area contributed by atoms with E-state index in [1.54, 1.807) is 6.20 Å². The van der Waals surface area contributed by atoms with Crippen molar-refractivity contribution >= 4 is 11.5 Å². The lowest BCUT2D eigenvalue weighted by molar-refractivity contribution is 0.0987. The number of rotatable bonds is 3. The Labute approximate surface area is 95.5 Å². The van der Waals surface area contributed by atoms with Gasteiger partial charge in [-0.15, -0.1) is 0 Å². The first kappa shape index (κ1) is 11.3. The summed E-state index contributed by atoms with van der Waals surface area (Å²) in [5, 5.41) is 0. The maximum absolute atomic E-state index is 13.4. The van der Waals surface area contributed by atoms with Crippen molar-refractivity contribution in [1.29, 1.82) is 0 Å². The predicted octanol–water partition coefficient (Wildman–Crippen LogP) is 1.70. The number of nitrogen functional groups attached to an aromatic ring is 1. The van der Waals surface area contributed by atoms with Crippen LogP contribution in [0.5, 0.6) is 0 Å². The van der Waals surface area contributed by atoms with Crippen LogP contribution >= 0.6 is 0 Å². The highest BCUT2D eigenvalue weighted by atomic mass is 19.1. The van der Waals surface area contributed by atoms with E-state index in [4.69, 9.17) is 5.73 Å². The summed E-state index contributed by atoms with van der Waals surface area (Å²) in [6.07, 6.45) is 2.95. The molecule has 0 unspecified atom stereocenters. The number of H-pyrrole nitrogens is 1. The number of hydrogen-bond acceptors (Lipinski definition) is 3. The molecule has 0 spiro atoms. The molecule has 1 heterocycles. The number of imidazole rings is 1. The van der Waals surface area contributed by atoms with Gasteiger partial charge in [0.25, 0.3) is 0 Å². The van der Waals surface area contributed by atoms with Crippen molar-refractivity contribution in [2.75, 3.05) is 5.73 Å². The zero-order chi connectivity index (χ0) is 12.4. The van der Waals surface area contributed by atoms with Crippen LogP contribution in [0.4, 0.5) is 14.5 Å². The molecule has 3 N–H and O–H groups in total. The topological polar surface area (TPSA) is 71.8 Å². The molecule has 1 aromatic carbocycles. The number of hydrogen-bond donors (Lipinski definition) is 2. The van der Waals surface area contributed by atoms with Crippen molar-refractivity contribution in [3.05, 3.63) is 47.5 Å². The number of nitrogens with two attached hydrogens (primary N) is 1. The zero-order valence-electron chi connectivity index (χ0n) is 8.71. The molecule has 0 amide bonds. The Morgan fingerprint density at radius 2 is 2.12 bits per heavy atom. The van der Waals surface area contributed by atoms with Gasteiger partial charge in [0, 0.05) is 18.5 Å².